The molecule has 1 saturated heterocycles. The van der Waals surface area contributed by atoms with Gasteiger partial charge in [0.2, 0.25) is 0 Å². The van der Waals surface area contributed by atoms with Crippen LogP contribution in [-0.2, 0) is 25.8 Å². The number of carboxylic acids is 1. The van der Waals surface area contributed by atoms with Gasteiger partial charge in [-0.2, -0.15) is 5.26 Å². The van der Waals surface area contributed by atoms with E-state index >= 15 is 0 Å². The zero-order chi connectivity index (χ0) is 18.8. The van der Waals surface area contributed by atoms with Crippen molar-refractivity contribution in [1.82, 2.24) is 0 Å². The molecule has 25 heavy (non-hydrogen) atoms. The first kappa shape index (κ1) is 18.7. The van der Waals surface area contributed by atoms with Crippen LogP contribution in [0.25, 0.3) is 0 Å². The van der Waals surface area contributed by atoms with Crippen molar-refractivity contribution in [2.24, 2.45) is 0 Å². The standard InChI is InChI=1S/C16H18N2O6S/c1-16(14(19)20,25(2,22)23)9-13-10-18(15(21)24-13)12-5-3-11(4-6-12)7-8-17/h3-6,13H,7,9-10H2,1-2H3,(H,19,20)/t13-,16?/m0/s1. The van der Waals surface area contributed by atoms with Crippen molar-refractivity contribution >= 4 is 27.6 Å². The number of ether oxygens (including phenoxy) is 1. The van der Waals surface area contributed by atoms with Crippen LogP contribution < -0.4 is 4.90 Å². The van der Waals surface area contributed by atoms with E-state index < -0.39 is 32.8 Å². The number of benzene rings is 1. The first-order chi connectivity index (χ1) is 11.6. The van der Waals surface area contributed by atoms with E-state index in [0.717, 1.165) is 18.7 Å². The van der Waals surface area contributed by atoms with Crippen LogP contribution in [0.3, 0.4) is 0 Å². The number of carboxylic acid groups (broad SMARTS) is 1. The molecule has 0 bridgehead atoms. The van der Waals surface area contributed by atoms with Crippen LogP contribution in [-0.4, -0.2) is 49.2 Å². The molecule has 0 spiro atoms. The Balaban J connectivity index is 2.17. The predicted octanol–water partition coefficient (Wildman–Crippen LogP) is 1.36. The van der Waals surface area contributed by atoms with Gasteiger partial charge in [0, 0.05) is 18.4 Å². The van der Waals surface area contributed by atoms with Gasteiger partial charge in [0.25, 0.3) is 0 Å². The molecule has 0 aliphatic carbocycles. The van der Waals surface area contributed by atoms with Crippen molar-refractivity contribution in [3.8, 4) is 6.07 Å². The third-order valence-corrected chi connectivity index (χ3v) is 6.27. The molecule has 9 heteroatoms. The van der Waals surface area contributed by atoms with Crippen molar-refractivity contribution in [2.45, 2.75) is 30.6 Å². The van der Waals surface area contributed by atoms with Crippen LogP contribution in [0.1, 0.15) is 18.9 Å². The first-order valence-electron chi connectivity index (χ1n) is 7.45. The highest BCUT2D eigenvalue weighted by atomic mass is 32.2. The third kappa shape index (κ3) is 3.74. The molecule has 1 aromatic carbocycles. The number of carbonyl (C=O) groups is 2. The molecule has 0 saturated carbocycles. The minimum atomic E-state index is -3.90. The van der Waals surface area contributed by atoms with Gasteiger partial charge in [-0.15, -0.1) is 0 Å². The van der Waals surface area contributed by atoms with E-state index in [4.69, 9.17) is 10.00 Å². The summed E-state index contributed by atoms with van der Waals surface area (Å²) >= 11 is 0. The lowest BCUT2D eigenvalue weighted by molar-refractivity contribution is -0.140. The Kier molecular flexibility index (Phi) is 5.04. The number of aliphatic carboxylic acids is 1. The average molecular weight is 366 g/mol. The van der Waals surface area contributed by atoms with Crippen LogP contribution in [0, 0.1) is 11.3 Å². The van der Waals surface area contributed by atoms with Gasteiger partial charge < -0.3 is 9.84 Å². The lowest BCUT2D eigenvalue weighted by Gasteiger charge is -2.24. The van der Waals surface area contributed by atoms with Crippen LogP contribution >= 0.6 is 0 Å². The number of sulfone groups is 1. The van der Waals surface area contributed by atoms with Gasteiger partial charge in [-0.3, -0.25) is 9.69 Å². The van der Waals surface area contributed by atoms with Gasteiger partial charge in [-0.25, -0.2) is 13.2 Å². The Bertz CT molecular complexity index is 827. The molecule has 0 aromatic heterocycles. The summed E-state index contributed by atoms with van der Waals surface area (Å²) in [5, 5.41) is 18.0. The average Bonchev–Trinajstić information content (AvgIpc) is 2.87. The Morgan fingerprint density at radius 2 is 2.04 bits per heavy atom. The van der Waals surface area contributed by atoms with E-state index in [2.05, 4.69) is 0 Å². The summed E-state index contributed by atoms with van der Waals surface area (Å²) < 4.78 is 26.8. The first-order valence-corrected chi connectivity index (χ1v) is 9.34. The molecule has 1 unspecified atom stereocenters. The van der Waals surface area contributed by atoms with E-state index in [-0.39, 0.29) is 19.4 Å². The van der Waals surface area contributed by atoms with E-state index in [1.165, 1.54) is 4.90 Å². The van der Waals surface area contributed by atoms with E-state index in [1.807, 2.05) is 6.07 Å². The van der Waals surface area contributed by atoms with Gasteiger partial charge in [0.1, 0.15) is 6.10 Å². The van der Waals surface area contributed by atoms with Crippen LogP contribution in [0.5, 0.6) is 0 Å². The molecule has 0 radical (unpaired) electrons. The van der Waals surface area contributed by atoms with Crippen LogP contribution in [0.2, 0.25) is 0 Å². The molecule has 1 amide bonds. The predicted molar refractivity (Wildman–Crippen MR) is 88.9 cm³/mol. The molecule has 1 aliphatic rings. The smallest absolute Gasteiger partial charge is 0.414 e. The number of nitrogens with zero attached hydrogens (tertiary/aromatic N) is 2. The molecule has 2 rings (SSSR count). The zero-order valence-corrected chi connectivity index (χ0v) is 14.6. The van der Waals surface area contributed by atoms with Gasteiger partial charge in [-0.05, 0) is 24.6 Å². The molecule has 1 heterocycles. The summed E-state index contributed by atoms with van der Waals surface area (Å²) in [7, 11) is -3.90. The highest BCUT2D eigenvalue weighted by Crippen LogP contribution is 2.30. The summed E-state index contributed by atoms with van der Waals surface area (Å²) in [5.41, 5.74) is 1.33. The Labute approximate surface area is 145 Å². The molecular formula is C16H18N2O6S. The molecule has 2 atom stereocenters. The SMILES string of the molecule is CC(C[C@H]1CN(c2ccc(CC#N)cc2)C(=O)O1)(C(=O)O)S(C)(=O)=O. The maximum atomic E-state index is 12.1. The summed E-state index contributed by atoms with van der Waals surface area (Å²) in [6.45, 7) is 1.16. The summed E-state index contributed by atoms with van der Waals surface area (Å²) in [6, 6.07) is 8.74. The van der Waals surface area contributed by atoms with Crippen molar-refractivity contribution in [2.75, 3.05) is 17.7 Å². The topological polar surface area (TPSA) is 125 Å². The number of hydrogen-bond donors (Lipinski definition) is 1. The zero-order valence-electron chi connectivity index (χ0n) is 13.8. The summed E-state index contributed by atoms with van der Waals surface area (Å²) in [5.74, 6) is -1.48. The number of amides is 1. The fourth-order valence-corrected chi connectivity index (χ4v) is 3.36. The van der Waals surface area contributed by atoms with Crippen molar-refractivity contribution < 1.29 is 27.9 Å². The second-order valence-electron chi connectivity index (χ2n) is 6.13. The Morgan fingerprint density at radius 3 is 2.52 bits per heavy atom. The molecule has 134 valence electrons. The van der Waals surface area contributed by atoms with Crippen molar-refractivity contribution in [3.63, 3.8) is 0 Å². The van der Waals surface area contributed by atoms with Gasteiger partial charge in [0.15, 0.2) is 14.6 Å². The Hall–Kier alpha value is -2.60. The molecule has 1 aromatic rings. The van der Waals surface area contributed by atoms with E-state index in [0.29, 0.717) is 5.69 Å². The molecule has 1 N–H and O–H groups in total. The van der Waals surface area contributed by atoms with Gasteiger partial charge >= 0.3 is 12.1 Å². The van der Waals surface area contributed by atoms with Crippen molar-refractivity contribution in [1.29, 1.82) is 5.26 Å². The molecule has 1 aliphatic heterocycles. The summed E-state index contributed by atoms with van der Waals surface area (Å²) in [6.07, 6.45) is -0.764. The quantitative estimate of drug-likeness (QED) is 0.805. The van der Waals surface area contributed by atoms with Gasteiger partial charge in [0.05, 0.1) is 19.0 Å². The number of anilines is 1. The molecule has 8 nitrogen and oxygen atoms in total. The van der Waals surface area contributed by atoms with Crippen LogP contribution in [0.4, 0.5) is 10.5 Å². The highest BCUT2D eigenvalue weighted by Gasteiger charge is 2.48. The maximum Gasteiger partial charge on any atom is 0.414 e. The van der Waals surface area contributed by atoms with Crippen LogP contribution in [0.15, 0.2) is 24.3 Å². The third-order valence-electron chi connectivity index (χ3n) is 4.29. The number of carbonyl (C=O) groups excluding carboxylic acids is 1. The van der Waals surface area contributed by atoms with Crippen molar-refractivity contribution in [3.05, 3.63) is 29.8 Å². The fraction of sp³-hybridized carbons (Fsp3) is 0.438. The fourth-order valence-electron chi connectivity index (χ4n) is 2.56. The summed E-state index contributed by atoms with van der Waals surface area (Å²) in [4.78, 5) is 24.8. The van der Waals surface area contributed by atoms with E-state index in [9.17, 15) is 23.1 Å². The number of rotatable bonds is 6. The highest BCUT2D eigenvalue weighted by molar-refractivity contribution is 7.92. The van der Waals surface area contributed by atoms with E-state index in [1.54, 1.807) is 24.3 Å². The van der Waals surface area contributed by atoms with Gasteiger partial charge in [-0.1, -0.05) is 12.1 Å². The minimum Gasteiger partial charge on any atom is -0.480 e. The normalized spacial score (nSPS) is 19.8. The minimum absolute atomic E-state index is 0.0504. The molecular weight excluding hydrogens is 348 g/mol. The number of cyclic esters (lactones) is 1. The largest absolute Gasteiger partial charge is 0.480 e. The second-order valence-corrected chi connectivity index (χ2v) is 8.58. The molecule has 1 fully saturated rings. The lowest BCUT2D eigenvalue weighted by Crippen LogP contribution is -2.46. The maximum absolute atomic E-state index is 12.1. The number of nitriles is 1. The monoisotopic (exact) mass is 366 g/mol. The number of hydrogen-bond acceptors (Lipinski definition) is 6. The second kappa shape index (κ2) is 6.72. The lowest BCUT2D eigenvalue weighted by atomic mass is 10.0. The Morgan fingerprint density at radius 1 is 1.44 bits per heavy atom.